The SMILES string of the molecule is CC(CPP)CC1C(=O)OC(=O)C1C. The van der Waals surface area contributed by atoms with E-state index in [9.17, 15) is 9.59 Å². The summed E-state index contributed by atoms with van der Waals surface area (Å²) in [5.41, 5.74) is 0. The minimum atomic E-state index is -0.361. The molecule has 0 aliphatic carbocycles. The first-order valence-corrected chi connectivity index (χ1v) is 7.77. The summed E-state index contributed by atoms with van der Waals surface area (Å²) in [6.07, 6.45) is 1.86. The first kappa shape index (κ1) is 12.1. The van der Waals surface area contributed by atoms with E-state index in [0.717, 1.165) is 20.9 Å². The van der Waals surface area contributed by atoms with Crippen LogP contribution >= 0.6 is 17.2 Å². The fraction of sp³-hybridized carbons (Fsp3) is 0.778. The van der Waals surface area contributed by atoms with Crippen LogP contribution in [0.4, 0.5) is 0 Å². The van der Waals surface area contributed by atoms with Crippen LogP contribution in [0.5, 0.6) is 0 Å². The van der Waals surface area contributed by atoms with Crippen molar-refractivity contribution in [2.24, 2.45) is 17.8 Å². The number of carbonyl (C=O) groups is 2. The predicted octanol–water partition coefficient (Wildman–Crippen LogP) is 1.82. The lowest BCUT2D eigenvalue weighted by molar-refractivity contribution is -0.153. The molecule has 0 amide bonds. The largest absolute Gasteiger partial charge is 0.393 e. The summed E-state index contributed by atoms with van der Waals surface area (Å²) in [6.45, 7) is 3.88. The summed E-state index contributed by atoms with van der Waals surface area (Å²) in [5.74, 6) is -0.671. The normalized spacial score (nSPS) is 29.9. The molecule has 1 fully saturated rings. The molecule has 80 valence electrons. The van der Waals surface area contributed by atoms with E-state index in [2.05, 4.69) is 20.6 Å². The Morgan fingerprint density at radius 2 is 2.14 bits per heavy atom. The van der Waals surface area contributed by atoms with Gasteiger partial charge >= 0.3 is 11.9 Å². The lowest BCUT2D eigenvalue weighted by Gasteiger charge is -2.14. The Hall–Kier alpha value is 0. The molecule has 0 N–H and O–H groups in total. The zero-order chi connectivity index (χ0) is 10.7. The van der Waals surface area contributed by atoms with Crippen molar-refractivity contribution in [1.29, 1.82) is 0 Å². The van der Waals surface area contributed by atoms with Crippen molar-refractivity contribution in [3.63, 3.8) is 0 Å². The first-order chi connectivity index (χ1) is 6.56. The van der Waals surface area contributed by atoms with Crippen molar-refractivity contribution in [3.8, 4) is 0 Å². The predicted molar refractivity (Wildman–Crippen MR) is 60.4 cm³/mol. The van der Waals surface area contributed by atoms with Gasteiger partial charge in [0.25, 0.3) is 0 Å². The molecule has 0 radical (unpaired) electrons. The summed E-state index contributed by atoms with van der Waals surface area (Å²) in [5, 5.41) is 0. The highest BCUT2D eigenvalue weighted by atomic mass is 32.0. The Morgan fingerprint density at radius 3 is 2.57 bits per heavy atom. The molecule has 1 aliphatic heterocycles. The van der Waals surface area contributed by atoms with Gasteiger partial charge in [-0.3, -0.25) is 9.59 Å². The van der Waals surface area contributed by atoms with Crippen LogP contribution in [0.15, 0.2) is 0 Å². The summed E-state index contributed by atoms with van der Waals surface area (Å²) < 4.78 is 4.58. The lowest BCUT2D eigenvalue weighted by atomic mass is 9.88. The zero-order valence-corrected chi connectivity index (χ0v) is 10.6. The molecule has 1 aliphatic rings. The van der Waals surface area contributed by atoms with Gasteiger partial charge in [-0.2, -0.15) is 0 Å². The molecule has 1 rings (SSSR count). The van der Waals surface area contributed by atoms with E-state index in [4.69, 9.17) is 0 Å². The van der Waals surface area contributed by atoms with E-state index in [1.807, 2.05) is 0 Å². The molecule has 0 saturated carbocycles. The number of cyclic esters (lactones) is 2. The maximum absolute atomic E-state index is 11.3. The third kappa shape index (κ3) is 2.74. The van der Waals surface area contributed by atoms with Crippen LogP contribution in [0.25, 0.3) is 0 Å². The van der Waals surface area contributed by atoms with Crippen LogP contribution in [-0.2, 0) is 14.3 Å². The lowest BCUT2D eigenvalue weighted by Crippen LogP contribution is -2.18. The fourth-order valence-electron chi connectivity index (χ4n) is 1.65. The third-order valence-corrected chi connectivity index (χ3v) is 4.24. The molecule has 0 aromatic rings. The maximum atomic E-state index is 11.3. The van der Waals surface area contributed by atoms with E-state index in [1.165, 1.54) is 0 Å². The summed E-state index contributed by atoms with van der Waals surface area (Å²) in [6, 6.07) is 0. The number of hydrogen-bond donors (Lipinski definition) is 0. The quantitative estimate of drug-likeness (QED) is 0.423. The van der Waals surface area contributed by atoms with Crippen molar-refractivity contribution in [1.82, 2.24) is 0 Å². The van der Waals surface area contributed by atoms with E-state index >= 15 is 0 Å². The number of hydrogen-bond acceptors (Lipinski definition) is 3. The standard InChI is InChI=1S/C9H16O3P2/c1-5(4-14-13)3-7-6(2)8(10)12-9(7)11/h5-7,14H,3-4,13H2,1-2H3. The molecule has 0 aromatic heterocycles. The van der Waals surface area contributed by atoms with Gasteiger partial charge in [0.1, 0.15) is 0 Å². The highest BCUT2D eigenvalue weighted by Gasteiger charge is 2.41. The molecular weight excluding hydrogens is 218 g/mol. The molecule has 0 bridgehead atoms. The third-order valence-electron chi connectivity index (χ3n) is 2.60. The van der Waals surface area contributed by atoms with Gasteiger partial charge in [-0.1, -0.05) is 13.8 Å². The second kappa shape index (κ2) is 5.19. The maximum Gasteiger partial charge on any atom is 0.317 e. The van der Waals surface area contributed by atoms with E-state index in [-0.39, 0.29) is 23.8 Å². The Labute approximate surface area is 88.2 Å². The molecule has 5 heteroatoms. The number of carbonyl (C=O) groups excluding carboxylic acids is 2. The molecule has 5 atom stereocenters. The van der Waals surface area contributed by atoms with Crippen LogP contribution in [0.2, 0.25) is 0 Å². The van der Waals surface area contributed by atoms with Crippen LogP contribution in [0, 0.1) is 17.8 Å². The second-order valence-corrected chi connectivity index (χ2v) is 5.93. The number of esters is 2. The molecule has 1 heterocycles. The van der Waals surface area contributed by atoms with Crippen molar-refractivity contribution in [2.75, 3.05) is 6.16 Å². The van der Waals surface area contributed by atoms with Crippen LogP contribution < -0.4 is 0 Å². The summed E-state index contributed by atoms with van der Waals surface area (Å²) >= 11 is 0. The molecule has 14 heavy (non-hydrogen) atoms. The molecule has 1 saturated heterocycles. The second-order valence-electron chi connectivity index (χ2n) is 3.88. The number of ether oxygens (including phenoxy) is 1. The van der Waals surface area contributed by atoms with Crippen molar-refractivity contribution < 1.29 is 14.3 Å². The van der Waals surface area contributed by atoms with Gasteiger partial charge in [-0.15, -0.1) is 17.2 Å². The average Bonchev–Trinajstić information content (AvgIpc) is 2.33. The fourth-order valence-corrected chi connectivity index (χ4v) is 3.43. The van der Waals surface area contributed by atoms with E-state index < -0.39 is 0 Å². The van der Waals surface area contributed by atoms with Gasteiger partial charge in [0, 0.05) is 0 Å². The van der Waals surface area contributed by atoms with Crippen molar-refractivity contribution in [2.45, 2.75) is 20.3 Å². The minimum Gasteiger partial charge on any atom is -0.393 e. The highest BCUT2D eigenvalue weighted by Crippen LogP contribution is 2.32. The average molecular weight is 234 g/mol. The van der Waals surface area contributed by atoms with Crippen molar-refractivity contribution in [3.05, 3.63) is 0 Å². The Morgan fingerprint density at radius 1 is 1.50 bits per heavy atom. The van der Waals surface area contributed by atoms with Crippen LogP contribution in [-0.4, -0.2) is 18.1 Å². The van der Waals surface area contributed by atoms with E-state index in [1.54, 1.807) is 6.92 Å². The van der Waals surface area contributed by atoms with Gasteiger partial charge in [0.15, 0.2) is 0 Å². The smallest absolute Gasteiger partial charge is 0.317 e. The topological polar surface area (TPSA) is 43.4 Å². The number of rotatable bonds is 4. The van der Waals surface area contributed by atoms with Crippen LogP contribution in [0.3, 0.4) is 0 Å². The Bertz CT molecular complexity index is 242. The van der Waals surface area contributed by atoms with Gasteiger partial charge in [-0.05, 0) is 18.5 Å². The van der Waals surface area contributed by atoms with Gasteiger partial charge in [0.2, 0.25) is 0 Å². The molecular formula is C9H16O3P2. The van der Waals surface area contributed by atoms with E-state index in [0.29, 0.717) is 5.92 Å². The summed E-state index contributed by atoms with van der Waals surface area (Å²) in [4.78, 5) is 22.4. The zero-order valence-electron chi connectivity index (χ0n) is 8.45. The molecule has 0 aromatic carbocycles. The van der Waals surface area contributed by atoms with Crippen molar-refractivity contribution >= 4 is 29.1 Å². The monoisotopic (exact) mass is 234 g/mol. The van der Waals surface area contributed by atoms with Gasteiger partial charge in [0.05, 0.1) is 11.8 Å². The summed E-state index contributed by atoms with van der Waals surface area (Å²) in [7, 11) is 3.52. The Kier molecular flexibility index (Phi) is 4.47. The minimum absolute atomic E-state index is 0.209. The molecule has 0 spiro atoms. The highest BCUT2D eigenvalue weighted by molar-refractivity contribution is 8.02. The molecule has 3 nitrogen and oxygen atoms in total. The van der Waals surface area contributed by atoms with Gasteiger partial charge in [-0.25, -0.2) is 0 Å². The first-order valence-electron chi connectivity index (χ1n) is 4.75. The van der Waals surface area contributed by atoms with Gasteiger partial charge < -0.3 is 4.74 Å². The Balaban J connectivity index is 2.51. The molecule has 5 unspecified atom stereocenters. The van der Waals surface area contributed by atoms with Crippen LogP contribution in [0.1, 0.15) is 20.3 Å².